The predicted molar refractivity (Wildman–Crippen MR) is 55.0 cm³/mol. The van der Waals surface area contributed by atoms with Gasteiger partial charge in [0, 0.05) is 13.1 Å². The van der Waals surface area contributed by atoms with Gasteiger partial charge in [0.2, 0.25) is 5.91 Å². The molecule has 2 fully saturated rings. The molecule has 6 nitrogen and oxygen atoms in total. The fraction of sp³-hybridized carbons (Fsp3) is 0.800. The highest BCUT2D eigenvalue weighted by Gasteiger charge is 2.37. The number of nitrogens with one attached hydrogen (secondary N) is 1. The second-order valence-corrected chi connectivity index (χ2v) is 4.11. The van der Waals surface area contributed by atoms with Gasteiger partial charge in [0.1, 0.15) is 12.1 Å². The van der Waals surface area contributed by atoms with Crippen molar-refractivity contribution in [2.45, 2.75) is 24.9 Å². The van der Waals surface area contributed by atoms with Crippen molar-refractivity contribution < 1.29 is 19.4 Å². The SMILES string of the molecule is O=C(O)C1CCCN1C(=O)C1COCCN1. The number of hydrogen-bond acceptors (Lipinski definition) is 4. The molecule has 0 aromatic carbocycles. The molecule has 2 N–H and O–H groups in total. The number of carboxylic acid groups (broad SMARTS) is 1. The summed E-state index contributed by atoms with van der Waals surface area (Å²) in [5, 5.41) is 12.0. The summed E-state index contributed by atoms with van der Waals surface area (Å²) in [5.74, 6) is -1.06. The maximum Gasteiger partial charge on any atom is 0.326 e. The van der Waals surface area contributed by atoms with E-state index in [-0.39, 0.29) is 11.9 Å². The molecule has 0 aliphatic carbocycles. The summed E-state index contributed by atoms with van der Waals surface area (Å²) < 4.78 is 5.20. The molecular formula is C10H16N2O4. The van der Waals surface area contributed by atoms with Crippen LogP contribution in [0.1, 0.15) is 12.8 Å². The minimum atomic E-state index is -0.914. The molecule has 2 aliphatic heterocycles. The lowest BCUT2D eigenvalue weighted by Gasteiger charge is -2.29. The molecule has 2 atom stereocenters. The first-order valence-electron chi connectivity index (χ1n) is 5.54. The van der Waals surface area contributed by atoms with Crippen LogP contribution in [0.5, 0.6) is 0 Å². The Bertz CT molecular complexity index is 289. The third-order valence-electron chi connectivity index (χ3n) is 3.04. The number of carbonyl (C=O) groups is 2. The van der Waals surface area contributed by atoms with Crippen molar-refractivity contribution in [2.75, 3.05) is 26.3 Å². The largest absolute Gasteiger partial charge is 0.480 e. The van der Waals surface area contributed by atoms with Gasteiger partial charge in [-0.1, -0.05) is 0 Å². The topological polar surface area (TPSA) is 78.9 Å². The van der Waals surface area contributed by atoms with Gasteiger partial charge in [0.05, 0.1) is 13.2 Å². The molecule has 6 heteroatoms. The second kappa shape index (κ2) is 4.80. The van der Waals surface area contributed by atoms with E-state index in [0.717, 1.165) is 6.42 Å². The average molecular weight is 228 g/mol. The molecule has 90 valence electrons. The summed E-state index contributed by atoms with van der Waals surface area (Å²) in [5.41, 5.74) is 0. The molecule has 0 radical (unpaired) electrons. The molecule has 2 unspecified atom stereocenters. The lowest BCUT2D eigenvalue weighted by atomic mass is 10.2. The first-order chi connectivity index (χ1) is 7.70. The van der Waals surface area contributed by atoms with Gasteiger partial charge in [-0.15, -0.1) is 0 Å². The molecule has 1 amide bonds. The van der Waals surface area contributed by atoms with Crippen LogP contribution < -0.4 is 5.32 Å². The Balaban J connectivity index is 1.99. The maximum atomic E-state index is 12.0. The average Bonchev–Trinajstić information content (AvgIpc) is 2.78. The van der Waals surface area contributed by atoms with Crippen LogP contribution >= 0.6 is 0 Å². The number of amides is 1. The Morgan fingerprint density at radius 2 is 2.25 bits per heavy atom. The first-order valence-corrected chi connectivity index (χ1v) is 5.54. The van der Waals surface area contributed by atoms with Gasteiger partial charge in [0.25, 0.3) is 0 Å². The number of nitrogens with zero attached hydrogens (tertiary/aromatic N) is 1. The molecule has 0 bridgehead atoms. The highest BCUT2D eigenvalue weighted by Crippen LogP contribution is 2.18. The molecule has 0 saturated carbocycles. The van der Waals surface area contributed by atoms with Crippen molar-refractivity contribution in [2.24, 2.45) is 0 Å². The summed E-state index contributed by atoms with van der Waals surface area (Å²) in [6.07, 6.45) is 1.31. The number of likely N-dealkylation sites (tertiary alicyclic amines) is 1. The van der Waals surface area contributed by atoms with Crippen LogP contribution in [0, 0.1) is 0 Å². The van der Waals surface area contributed by atoms with Gasteiger partial charge >= 0.3 is 5.97 Å². The number of hydrogen-bond donors (Lipinski definition) is 2. The van der Waals surface area contributed by atoms with Gasteiger partial charge in [-0.05, 0) is 12.8 Å². The minimum absolute atomic E-state index is 0.149. The minimum Gasteiger partial charge on any atom is -0.480 e. The monoisotopic (exact) mass is 228 g/mol. The summed E-state index contributed by atoms with van der Waals surface area (Å²) in [7, 11) is 0. The van der Waals surface area contributed by atoms with E-state index in [1.807, 2.05) is 0 Å². The standard InChI is InChI=1S/C10H16N2O4/c13-9(7-6-16-5-3-11-7)12-4-1-2-8(12)10(14)15/h7-8,11H,1-6H2,(H,14,15). The fourth-order valence-electron chi connectivity index (χ4n) is 2.21. The Labute approximate surface area is 93.6 Å². The van der Waals surface area contributed by atoms with Gasteiger partial charge in [-0.25, -0.2) is 4.79 Å². The van der Waals surface area contributed by atoms with Crippen molar-refractivity contribution in [3.8, 4) is 0 Å². The molecule has 2 heterocycles. The highest BCUT2D eigenvalue weighted by atomic mass is 16.5. The third kappa shape index (κ3) is 2.17. The zero-order valence-electron chi connectivity index (χ0n) is 9.02. The number of carboxylic acids is 1. The zero-order chi connectivity index (χ0) is 11.5. The highest BCUT2D eigenvalue weighted by molar-refractivity contribution is 5.87. The number of aliphatic carboxylic acids is 1. The summed E-state index contributed by atoms with van der Waals surface area (Å²) in [4.78, 5) is 24.4. The van der Waals surface area contributed by atoms with E-state index in [1.54, 1.807) is 0 Å². The van der Waals surface area contributed by atoms with Crippen molar-refractivity contribution in [3.05, 3.63) is 0 Å². The van der Waals surface area contributed by atoms with Crippen LogP contribution in [-0.2, 0) is 14.3 Å². The second-order valence-electron chi connectivity index (χ2n) is 4.11. The number of morpholine rings is 1. The molecule has 2 aliphatic rings. The van der Waals surface area contributed by atoms with Crippen molar-refractivity contribution in [3.63, 3.8) is 0 Å². The lowest BCUT2D eigenvalue weighted by molar-refractivity contribution is -0.150. The molecule has 2 saturated heterocycles. The van der Waals surface area contributed by atoms with Crippen molar-refractivity contribution >= 4 is 11.9 Å². The van der Waals surface area contributed by atoms with E-state index in [1.165, 1.54) is 4.90 Å². The molecule has 0 aromatic heterocycles. The van der Waals surface area contributed by atoms with Crippen LogP contribution in [0.3, 0.4) is 0 Å². The Hall–Kier alpha value is -1.14. The van der Waals surface area contributed by atoms with Gasteiger partial charge < -0.3 is 20.1 Å². The van der Waals surface area contributed by atoms with E-state index in [2.05, 4.69) is 5.32 Å². The van der Waals surface area contributed by atoms with Crippen LogP contribution in [0.15, 0.2) is 0 Å². The Morgan fingerprint density at radius 3 is 2.88 bits per heavy atom. The molecular weight excluding hydrogens is 212 g/mol. The van der Waals surface area contributed by atoms with Crippen LogP contribution in [0.25, 0.3) is 0 Å². The lowest BCUT2D eigenvalue weighted by Crippen LogP contribution is -2.54. The van der Waals surface area contributed by atoms with E-state index >= 15 is 0 Å². The van der Waals surface area contributed by atoms with Gasteiger partial charge in [0.15, 0.2) is 0 Å². The van der Waals surface area contributed by atoms with Crippen LogP contribution in [-0.4, -0.2) is 60.3 Å². The fourth-order valence-corrected chi connectivity index (χ4v) is 2.21. The van der Waals surface area contributed by atoms with Crippen LogP contribution in [0.2, 0.25) is 0 Å². The molecule has 0 spiro atoms. The summed E-state index contributed by atoms with van der Waals surface area (Å²) in [6, 6.07) is -1.04. The van der Waals surface area contributed by atoms with Crippen molar-refractivity contribution in [1.82, 2.24) is 10.2 Å². The predicted octanol–water partition coefficient (Wildman–Crippen LogP) is -0.950. The molecule has 16 heavy (non-hydrogen) atoms. The smallest absolute Gasteiger partial charge is 0.326 e. The summed E-state index contributed by atoms with van der Waals surface area (Å²) >= 11 is 0. The number of ether oxygens (including phenoxy) is 1. The van der Waals surface area contributed by atoms with E-state index in [9.17, 15) is 9.59 Å². The van der Waals surface area contributed by atoms with Gasteiger partial charge in [-0.3, -0.25) is 4.79 Å². The zero-order valence-corrected chi connectivity index (χ0v) is 9.02. The quantitative estimate of drug-likeness (QED) is 0.637. The van der Waals surface area contributed by atoms with E-state index in [4.69, 9.17) is 9.84 Å². The van der Waals surface area contributed by atoms with Crippen molar-refractivity contribution in [1.29, 1.82) is 0 Å². The maximum absolute atomic E-state index is 12.0. The van der Waals surface area contributed by atoms with Crippen LogP contribution in [0.4, 0.5) is 0 Å². The van der Waals surface area contributed by atoms with E-state index < -0.39 is 12.0 Å². The summed E-state index contributed by atoms with van der Waals surface area (Å²) in [6.45, 7) is 2.11. The third-order valence-corrected chi connectivity index (χ3v) is 3.04. The normalized spacial score (nSPS) is 30.4. The first kappa shape index (κ1) is 11.3. The molecule has 0 aromatic rings. The number of carbonyl (C=O) groups excluding carboxylic acids is 1. The Morgan fingerprint density at radius 1 is 1.44 bits per heavy atom. The number of rotatable bonds is 2. The Kier molecular flexibility index (Phi) is 3.40. The van der Waals surface area contributed by atoms with Gasteiger partial charge in [-0.2, -0.15) is 0 Å². The van der Waals surface area contributed by atoms with E-state index in [0.29, 0.717) is 32.7 Å². The molecule has 2 rings (SSSR count).